The highest BCUT2D eigenvalue weighted by molar-refractivity contribution is 5.56. The predicted molar refractivity (Wildman–Crippen MR) is 100 cm³/mol. The first-order valence-corrected chi connectivity index (χ1v) is 8.31. The van der Waals surface area contributed by atoms with Gasteiger partial charge in [0.25, 0.3) is 0 Å². The highest BCUT2D eigenvalue weighted by Crippen LogP contribution is 2.30. The summed E-state index contributed by atoms with van der Waals surface area (Å²) in [5, 5.41) is 8.92. The summed E-state index contributed by atoms with van der Waals surface area (Å²) in [7, 11) is 1.60. The maximum Gasteiger partial charge on any atom is 0.226 e. The van der Waals surface area contributed by atoms with Gasteiger partial charge in [-0.25, -0.2) is 4.98 Å². The van der Waals surface area contributed by atoms with Gasteiger partial charge in [-0.3, -0.25) is 0 Å². The molecule has 0 saturated carbocycles. The fourth-order valence-corrected chi connectivity index (χ4v) is 2.51. The lowest BCUT2D eigenvalue weighted by molar-refractivity contribution is 0.279. The third-order valence-corrected chi connectivity index (χ3v) is 3.88. The minimum absolute atomic E-state index is 0.0113. The average molecular weight is 351 g/mol. The van der Waals surface area contributed by atoms with Gasteiger partial charge in [0.15, 0.2) is 11.5 Å². The number of benzene rings is 2. The number of rotatable bonds is 7. The summed E-state index contributed by atoms with van der Waals surface area (Å²) < 4.78 is 17.0. The zero-order valence-electron chi connectivity index (χ0n) is 14.8. The Morgan fingerprint density at radius 2 is 1.92 bits per heavy atom. The Kier molecular flexibility index (Phi) is 5.71. The van der Waals surface area contributed by atoms with E-state index in [9.17, 15) is 0 Å². The number of hydrogen-bond acceptors (Lipinski definition) is 5. The van der Waals surface area contributed by atoms with Crippen molar-refractivity contribution in [2.24, 2.45) is 0 Å². The summed E-state index contributed by atoms with van der Waals surface area (Å²) >= 11 is 0. The van der Waals surface area contributed by atoms with Crippen molar-refractivity contribution in [3.8, 4) is 23.0 Å². The fraction of sp³-hybridized carbons (Fsp3) is 0.190. The first kappa shape index (κ1) is 17.8. The second-order valence-electron chi connectivity index (χ2n) is 5.67. The second kappa shape index (κ2) is 8.36. The van der Waals surface area contributed by atoms with Gasteiger partial charge in [0.2, 0.25) is 5.89 Å². The third kappa shape index (κ3) is 4.13. The molecule has 5 nitrogen and oxygen atoms in total. The first-order valence-electron chi connectivity index (χ1n) is 8.31. The second-order valence-corrected chi connectivity index (χ2v) is 5.67. The van der Waals surface area contributed by atoms with Gasteiger partial charge >= 0.3 is 0 Å². The van der Waals surface area contributed by atoms with Gasteiger partial charge in [-0.05, 0) is 36.8 Å². The van der Waals surface area contributed by atoms with Crippen LogP contribution in [0.2, 0.25) is 0 Å². The van der Waals surface area contributed by atoms with E-state index in [0.29, 0.717) is 17.4 Å². The van der Waals surface area contributed by atoms with E-state index in [1.807, 2.05) is 61.5 Å². The summed E-state index contributed by atoms with van der Waals surface area (Å²) in [5.74, 6) is 2.54. The molecule has 0 bridgehead atoms. The van der Waals surface area contributed by atoms with Crippen LogP contribution in [-0.2, 0) is 6.61 Å². The van der Waals surface area contributed by atoms with Gasteiger partial charge in [0.05, 0.1) is 13.7 Å². The van der Waals surface area contributed by atoms with Crippen molar-refractivity contribution in [3.05, 3.63) is 71.6 Å². The molecule has 0 spiro atoms. The van der Waals surface area contributed by atoms with Crippen LogP contribution in [0.4, 0.5) is 0 Å². The molecule has 5 heteroatoms. The highest BCUT2D eigenvalue weighted by Gasteiger charge is 2.13. The lowest BCUT2D eigenvalue weighted by Gasteiger charge is -2.10. The van der Waals surface area contributed by atoms with Crippen LogP contribution in [0.5, 0.6) is 11.5 Å². The smallest absolute Gasteiger partial charge is 0.226 e. The maximum atomic E-state index is 8.92. The van der Waals surface area contributed by atoms with Crippen LogP contribution in [0.3, 0.4) is 0 Å². The number of aliphatic hydroxyl groups excluding tert-OH is 1. The Bertz CT molecular complexity index is 884. The highest BCUT2D eigenvalue weighted by atomic mass is 16.5. The quantitative estimate of drug-likeness (QED) is 0.690. The Labute approximate surface area is 152 Å². The number of aromatic nitrogens is 1. The van der Waals surface area contributed by atoms with Crippen molar-refractivity contribution >= 4 is 6.08 Å². The van der Waals surface area contributed by atoms with E-state index >= 15 is 0 Å². The van der Waals surface area contributed by atoms with Gasteiger partial charge in [-0.2, -0.15) is 0 Å². The molecule has 0 amide bonds. The molecular weight excluding hydrogens is 330 g/mol. The Hall–Kier alpha value is -3.05. The molecule has 134 valence electrons. The molecule has 0 radical (unpaired) electrons. The van der Waals surface area contributed by atoms with E-state index in [2.05, 4.69) is 4.98 Å². The number of aryl methyl sites for hydroxylation is 1. The molecule has 0 aliphatic heterocycles. The van der Waals surface area contributed by atoms with Crippen LogP contribution in [-0.4, -0.2) is 23.8 Å². The van der Waals surface area contributed by atoms with Crippen molar-refractivity contribution in [1.29, 1.82) is 0 Å². The van der Waals surface area contributed by atoms with Crippen LogP contribution in [0.1, 0.15) is 17.0 Å². The topological polar surface area (TPSA) is 64.7 Å². The van der Waals surface area contributed by atoms with E-state index in [-0.39, 0.29) is 13.2 Å². The number of hydrogen-bond donors (Lipinski definition) is 1. The first-order chi connectivity index (χ1) is 12.7. The van der Waals surface area contributed by atoms with Crippen LogP contribution in [0.25, 0.3) is 17.5 Å². The summed E-state index contributed by atoms with van der Waals surface area (Å²) in [6.45, 7) is 2.13. The van der Waals surface area contributed by atoms with E-state index in [4.69, 9.17) is 19.0 Å². The van der Waals surface area contributed by atoms with Gasteiger partial charge in [0.1, 0.15) is 18.1 Å². The van der Waals surface area contributed by atoms with Crippen LogP contribution < -0.4 is 9.47 Å². The number of methoxy groups -OCH3 is 1. The van der Waals surface area contributed by atoms with Gasteiger partial charge in [-0.1, -0.05) is 36.4 Å². The molecule has 0 saturated heterocycles. The predicted octanol–water partition coefficient (Wildman–Crippen LogP) is 4.24. The number of oxazole rings is 1. The number of aliphatic hydroxyl groups is 1. The van der Waals surface area contributed by atoms with Gasteiger partial charge in [-0.15, -0.1) is 0 Å². The van der Waals surface area contributed by atoms with E-state index in [1.54, 1.807) is 13.2 Å². The molecule has 3 aromatic rings. The van der Waals surface area contributed by atoms with E-state index in [1.165, 1.54) is 0 Å². The van der Waals surface area contributed by atoms with Crippen molar-refractivity contribution in [3.63, 3.8) is 0 Å². The molecule has 0 aliphatic rings. The summed E-state index contributed by atoms with van der Waals surface area (Å²) in [6, 6.07) is 15.3. The standard InChI is InChI=1S/C21H21NO4/c1-15-18(22-21(26-15)17-8-4-3-5-9-17)14-25-20-13-16(7-6-12-23)10-11-19(20)24-2/h3-11,13,23H,12,14H2,1-2H3. The molecule has 1 aromatic heterocycles. The zero-order chi connectivity index (χ0) is 18.4. The Morgan fingerprint density at radius 1 is 1.12 bits per heavy atom. The van der Waals surface area contributed by atoms with Gasteiger partial charge in [0, 0.05) is 5.56 Å². The zero-order valence-corrected chi connectivity index (χ0v) is 14.8. The molecule has 0 aliphatic carbocycles. The Balaban J connectivity index is 1.78. The van der Waals surface area contributed by atoms with E-state index < -0.39 is 0 Å². The van der Waals surface area contributed by atoms with Crippen molar-refractivity contribution in [2.75, 3.05) is 13.7 Å². The summed E-state index contributed by atoms with van der Waals surface area (Å²) in [4.78, 5) is 4.54. The molecular formula is C21H21NO4. The van der Waals surface area contributed by atoms with Crippen molar-refractivity contribution in [2.45, 2.75) is 13.5 Å². The number of nitrogens with zero attached hydrogens (tertiary/aromatic N) is 1. The van der Waals surface area contributed by atoms with Crippen LogP contribution >= 0.6 is 0 Å². The van der Waals surface area contributed by atoms with E-state index in [0.717, 1.165) is 22.6 Å². The molecule has 0 fully saturated rings. The third-order valence-electron chi connectivity index (χ3n) is 3.88. The maximum absolute atomic E-state index is 8.92. The molecule has 0 unspecified atom stereocenters. The Morgan fingerprint density at radius 3 is 2.65 bits per heavy atom. The van der Waals surface area contributed by atoms with Crippen molar-refractivity contribution < 1.29 is 19.0 Å². The molecule has 2 aromatic carbocycles. The molecule has 3 rings (SSSR count). The van der Waals surface area contributed by atoms with Crippen LogP contribution in [0.15, 0.2) is 59.0 Å². The average Bonchev–Trinajstić information content (AvgIpc) is 3.06. The monoisotopic (exact) mass is 351 g/mol. The minimum Gasteiger partial charge on any atom is -0.493 e. The molecule has 26 heavy (non-hydrogen) atoms. The molecule has 0 atom stereocenters. The lowest BCUT2D eigenvalue weighted by atomic mass is 10.2. The van der Waals surface area contributed by atoms with Crippen LogP contribution in [0, 0.1) is 6.92 Å². The fourth-order valence-electron chi connectivity index (χ4n) is 2.51. The number of ether oxygens (including phenoxy) is 2. The molecule has 1 heterocycles. The minimum atomic E-state index is -0.0113. The lowest BCUT2D eigenvalue weighted by Crippen LogP contribution is -2.00. The summed E-state index contributed by atoms with van der Waals surface area (Å²) in [6.07, 6.45) is 3.49. The largest absolute Gasteiger partial charge is 0.493 e. The van der Waals surface area contributed by atoms with Crippen molar-refractivity contribution in [1.82, 2.24) is 4.98 Å². The summed E-state index contributed by atoms with van der Waals surface area (Å²) in [5.41, 5.74) is 2.58. The molecule has 1 N–H and O–H groups in total. The normalized spacial score (nSPS) is 11.0. The SMILES string of the molecule is COc1ccc(C=CCO)cc1OCc1nc(-c2ccccc2)oc1C. The van der Waals surface area contributed by atoms with Gasteiger partial charge < -0.3 is 19.0 Å².